The molecular weight excluding hydrogens is 426 g/mol. The number of ether oxygens (including phenoxy) is 2. The van der Waals surface area contributed by atoms with E-state index in [9.17, 15) is 4.79 Å². The maximum Gasteiger partial charge on any atom is 0.269 e. The Bertz CT molecular complexity index is 1050. The van der Waals surface area contributed by atoms with Gasteiger partial charge in [0.15, 0.2) is 17.3 Å². The summed E-state index contributed by atoms with van der Waals surface area (Å²) in [5.74, 6) is 1.63. The number of amides is 1. The second-order valence-electron chi connectivity index (χ2n) is 6.08. The van der Waals surface area contributed by atoms with Crippen molar-refractivity contribution in [3.8, 4) is 34.3 Å². The summed E-state index contributed by atoms with van der Waals surface area (Å²) in [6.07, 6.45) is 1.67. The SMILES string of the molecule is CCOc1cc(Br)c(-c2nccc(-c3cc4n(n3)CCNC4=O)n2)cc1OC. The van der Waals surface area contributed by atoms with E-state index < -0.39 is 0 Å². The molecule has 3 aromatic rings. The van der Waals surface area contributed by atoms with Crippen molar-refractivity contribution in [2.45, 2.75) is 13.5 Å². The van der Waals surface area contributed by atoms with Crippen LogP contribution in [0.2, 0.25) is 0 Å². The van der Waals surface area contributed by atoms with Crippen LogP contribution in [-0.2, 0) is 6.54 Å². The number of carbonyl (C=O) groups is 1. The molecule has 0 aliphatic carbocycles. The van der Waals surface area contributed by atoms with Crippen LogP contribution in [0.25, 0.3) is 22.8 Å². The van der Waals surface area contributed by atoms with Crippen LogP contribution in [0.3, 0.4) is 0 Å². The highest BCUT2D eigenvalue weighted by atomic mass is 79.9. The van der Waals surface area contributed by atoms with Gasteiger partial charge in [0, 0.05) is 22.8 Å². The molecule has 1 aliphatic heterocycles. The number of nitrogens with one attached hydrogen (secondary N) is 1. The topological polar surface area (TPSA) is 91.2 Å². The van der Waals surface area contributed by atoms with Crippen molar-refractivity contribution in [2.24, 2.45) is 0 Å². The first kappa shape index (κ1) is 18.4. The highest BCUT2D eigenvalue weighted by Crippen LogP contribution is 2.37. The summed E-state index contributed by atoms with van der Waals surface area (Å²) < 4.78 is 13.5. The lowest BCUT2D eigenvalue weighted by Gasteiger charge is -2.13. The molecule has 0 bridgehead atoms. The van der Waals surface area contributed by atoms with Gasteiger partial charge in [0.25, 0.3) is 5.91 Å². The minimum Gasteiger partial charge on any atom is -0.493 e. The van der Waals surface area contributed by atoms with E-state index in [2.05, 4.69) is 36.3 Å². The standard InChI is InChI=1S/C19H18BrN5O3/c1-3-28-17-9-12(20)11(8-16(17)27-2)18-21-5-4-13(23-18)14-10-15-19(26)22-6-7-25(15)24-14/h4-5,8-10H,3,6-7H2,1-2H3,(H,22,26). The molecule has 1 N–H and O–H groups in total. The fraction of sp³-hybridized carbons (Fsp3) is 0.263. The van der Waals surface area contributed by atoms with Crippen molar-refractivity contribution < 1.29 is 14.3 Å². The van der Waals surface area contributed by atoms with Gasteiger partial charge < -0.3 is 14.8 Å². The number of carbonyl (C=O) groups excluding carboxylic acids is 1. The molecular formula is C19H18BrN5O3. The van der Waals surface area contributed by atoms with Gasteiger partial charge in [0.2, 0.25) is 0 Å². The summed E-state index contributed by atoms with van der Waals surface area (Å²) in [6, 6.07) is 7.19. The quantitative estimate of drug-likeness (QED) is 0.651. The van der Waals surface area contributed by atoms with E-state index >= 15 is 0 Å². The molecule has 4 rings (SSSR count). The predicted molar refractivity (Wildman–Crippen MR) is 106 cm³/mol. The van der Waals surface area contributed by atoms with E-state index in [0.29, 0.717) is 54.1 Å². The average molecular weight is 444 g/mol. The first-order chi connectivity index (χ1) is 13.6. The highest BCUT2D eigenvalue weighted by molar-refractivity contribution is 9.10. The third kappa shape index (κ3) is 3.33. The molecule has 8 nitrogen and oxygen atoms in total. The molecule has 0 atom stereocenters. The lowest BCUT2D eigenvalue weighted by molar-refractivity contribution is 0.0924. The first-order valence-corrected chi connectivity index (χ1v) is 9.60. The molecule has 0 unspecified atom stereocenters. The first-order valence-electron chi connectivity index (χ1n) is 8.81. The number of benzene rings is 1. The number of methoxy groups -OCH3 is 1. The maximum absolute atomic E-state index is 12.0. The van der Waals surface area contributed by atoms with Gasteiger partial charge in [0.05, 0.1) is 26.0 Å². The van der Waals surface area contributed by atoms with Gasteiger partial charge in [-0.15, -0.1) is 0 Å². The fourth-order valence-electron chi connectivity index (χ4n) is 3.03. The molecule has 1 amide bonds. The van der Waals surface area contributed by atoms with Gasteiger partial charge in [-0.1, -0.05) is 0 Å². The molecule has 0 radical (unpaired) electrons. The fourth-order valence-corrected chi connectivity index (χ4v) is 3.53. The summed E-state index contributed by atoms with van der Waals surface area (Å²) in [5, 5.41) is 7.32. The van der Waals surface area contributed by atoms with Crippen molar-refractivity contribution in [1.82, 2.24) is 25.1 Å². The Morgan fingerprint density at radius 1 is 1.25 bits per heavy atom. The number of hydrogen-bond donors (Lipinski definition) is 1. The normalized spacial score (nSPS) is 13.0. The monoisotopic (exact) mass is 443 g/mol. The Morgan fingerprint density at radius 3 is 2.86 bits per heavy atom. The molecule has 9 heteroatoms. The van der Waals surface area contributed by atoms with Gasteiger partial charge in [-0.2, -0.15) is 5.10 Å². The van der Waals surface area contributed by atoms with Crippen molar-refractivity contribution in [1.29, 1.82) is 0 Å². The summed E-state index contributed by atoms with van der Waals surface area (Å²) in [7, 11) is 1.59. The number of fused-ring (bicyclic) bond motifs is 1. The Kier molecular flexibility index (Phi) is 4.99. The highest BCUT2D eigenvalue weighted by Gasteiger charge is 2.21. The smallest absolute Gasteiger partial charge is 0.269 e. The van der Waals surface area contributed by atoms with Crippen molar-refractivity contribution >= 4 is 21.8 Å². The number of nitrogens with zero attached hydrogens (tertiary/aromatic N) is 4. The Labute approximate surface area is 170 Å². The Balaban J connectivity index is 1.75. The zero-order chi connectivity index (χ0) is 19.7. The van der Waals surface area contributed by atoms with Gasteiger partial charge in [0.1, 0.15) is 11.4 Å². The van der Waals surface area contributed by atoms with Crippen LogP contribution in [0.5, 0.6) is 11.5 Å². The van der Waals surface area contributed by atoms with Crippen LogP contribution in [0, 0.1) is 0 Å². The van der Waals surface area contributed by atoms with Crippen LogP contribution in [-0.4, -0.2) is 45.9 Å². The largest absolute Gasteiger partial charge is 0.493 e. The molecule has 28 heavy (non-hydrogen) atoms. The number of hydrogen-bond acceptors (Lipinski definition) is 6. The summed E-state index contributed by atoms with van der Waals surface area (Å²) in [5.41, 5.74) is 2.57. The van der Waals surface area contributed by atoms with Crippen molar-refractivity contribution in [3.05, 3.63) is 40.6 Å². The van der Waals surface area contributed by atoms with Crippen LogP contribution >= 0.6 is 15.9 Å². The Morgan fingerprint density at radius 2 is 2.11 bits per heavy atom. The van der Waals surface area contributed by atoms with Crippen molar-refractivity contribution in [2.75, 3.05) is 20.3 Å². The molecule has 0 saturated carbocycles. The second-order valence-corrected chi connectivity index (χ2v) is 6.93. The summed E-state index contributed by atoms with van der Waals surface area (Å²) in [6.45, 7) is 3.66. The average Bonchev–Trinajstić information content (AvgIpc) is 3.14. The summed E-state index contributed by atoms with van der Waals surface area (Å²) in [4.78, 5) is 21.0. The van der Waals surface area contributed by atoms with E-state index in [1.807, 2.05) is 19.1 Å². The molecule has 1 aromatic carbocycles. The van der Waals surface area contributed by atoms with Crippen molar-refractivity contribution in [3.63, 3.8) is 0 Å². The Hall–Kier alpha value is -2.94. The zero-order valence-corrected chi connectivity index (χ0v) is 17.0. The number of halogens is 1. The second kappa shape index (κ2) is 7.59. The molecule has 0 fully saturated rings. The lowest BCUT2D eigenvalue weighted by Crippen LogP contribution is -2.35. The van der Waals surface area contributed by atoms with Crippen LogP contribution in [0.4, 0.5) is 0 Å². The van der Waals surface area contributed by atoms with Gasteiger partial charge in [-0.3, -0.25) is 9.48 Å². The third-order valence-corrected chi connectivity index (χ3v) is 4.99. The van der Waals surface area contributed by atoms with Gasteiger partial charge >= 0.3 is 0 Å². The van der Waals surface area contributed by atoms with Gasteiger partial charge in [-0.25, -0.2) is 9.97 Å². The van der Waals surface area contributed by atoms with Crippen LogP contribution in [0.1, 0.15) is 17.4 Å². The van der Waals surface area contributed by atoms with Gasteiger partial charge in [-0.05, 0) is 47.1 Å². The molecule has 144 valence electrons. The van der Waals surface area contributed by atoms with Crippen LogP contribution < -0.4 is 14.8 Å². The van der Waals surface area contributed by atoms with E-state index in [1.165, 1.54) is 0 Å². The lowest BCUT2D eigenvalue weighted by atomic mass is 10.1. The zero-order valence-electron chi connectivity index (χ0n) is 15.4. The van der Waals surface area contributed by atoms with E-state index in [0.717, 1.165) is 10.0 Å². The molecule has 2 aromatic heterocycles. The minimum atomic E-state index is -0.127. The van der Waals surface area contributed by atoms with Crippen LogP contribution in [0.15, 0.2) is 34.9 Å². The molecule has 3 heterocycles. The number of aromatic nitrogens is 4. The van der Waals surface area contributed by atoms with E-state index in [4.69, 9.17) is 9.47 Å². The molecule has 1 aliphatic rings. The number of rotatable bonds is 5. The maximum atomic E-state index is 12.0. The van der Waals surface area contributed by atoms with E-state index in [1.54, 1.807) is 30.1 Å². The van der Waals surface area contributed by atoms with E-state index in [-0.39, 0.29) is 5.91 Å². The molecule has 0 spiro atoms. The predicted octanol–water partition coefficient (Wildman–Crippen LogP) is 2.92. The summed E-state index contributed by atoms with van der Waals surface area (Å²) >= 11 is 3.56. The third-order valence-electron chi connectivity index (χ3n) is 4.33. The minimum absolute atomic E-state index is 0.127. The molecule has 0 saturated heterocycles.